The maximum absolute atomic E-state index is 5.80. The molecule has 2 unspecified atom stereocenters. The van der Waals surface area contributed by atoms with Gasteiger partial charge in [0, 0.05) is 14.1 Å². The van der Waals surface area contributed by atoms with Crippen LogP contribution in [-0.2, 0) is 4.74 Å². The Kier molecular flexibility index (Phi) is 4.66. The number of hydrogen-bond donors (Lipinski definition) is 0. The third-order valence-electron chi connectivity index (χ3n) is 2.90. The third kappa shape index (κ3) is 3.45. The molecule has 0 saturated heterocycles. The third-order valence-corrected chi connectivity index (χ3v) is 3.36. The molecule has 1 rings (SSSR count). The van der Waals surface area contributed by atoms with Crippen molar-refractivity contribution in [3.63, 3.8) is 0 Å². The Morgan fingerprint density at radius 3 is 2.50 bits per heavy atom. The first-order valence-electron chi connectivity index (χ1n) is 5.49. The molecule has 1 saturated carbocycles. The van der Waals surface area contributed by atoms with Gasteiger partial charge in [0.1, 0.15) is 6.10 Å². The lowest BCUT2D eigenvalue weighted by Crippen LogP contribution is -2.30. The summed E-state index contributed by atoms with van der Waals surface area (Å²) in [5.74, 6) is 0.649. The number of nitrogens with zero attached hydrogens (tertiary/aromatic N) is 1. The van der Waals surface area contributed by atoms with Crippen molar-refractivity contribution in [1.82, 2.24) is 4.90 Å². The van der Waals surface area contributed by atoms with Gasteiger partial charge in [-0.2, -0.15) is 0 Å². The minimum absolute atomic E-state index is 0.340. The highest BCUT2D eigenvalue weighted by molar-refractivity contribution is 7.80. The van der Waals surface area contributed by atoms with Gasteiger partial charge in [-0.1, -0.05) is 19.8 Å². The quantitative estimate of drug-likeness (QED) is 0.493. The van der Waals surface area contributed by atoms with Crippen molar-refractivity contribution in [1.29, 1.82) is 0 Å². The van der Waals surface area contributed by atoms with Crippen LogP contribution in [0.15, 0.2) is 0 Å². The summed E-state index contributed by atoms with van der Waals surface area (Å²) < 4.78 is 5.80. The monoisotopic (exact) mass is 215 g/mol. The van der Waals surface area contributed by atoms with Gasteiger partial charge in [-0.15, -0.1) is 0 Å². The molecule has 0 bridgehead atoms. The van der Waals surface area contributed by atoms with Crippen molar-refractivity contribution < 1.29 is 4.74 Å². The minimum Gasteiger partial charge on any atom is -0.467 e. The first-order valence-corrected chi connectivity index (χ1v) is 5.90. The van der Waals surface area contributed by atoms with Crippen LogP contribution >= 0.6 is 12.2 Å². The molecule has 0 aromatic carbocycles. The summed E-state index contributed by atoms with van der Waals surface area (Å²) in [6.07, 6.45) is 6.75. The van der Waals surface area contributed by atoms with Crippen molar-refractivity contribution in [2.75, 3.05) is 14.1 Å². The molecule has 0 aliphatic heterocycles. The predicted octanol–water partition coefficient (Wildman–Crippen LogP) is 2.82. The molecule has 0 aromatic rings. The second kappa shape index (κ2) is 5.54. The van der Waals surface area contributed by atoms with E-state index in [0.717, 1.165) is 6.42 Å². The van der Waals surface area contributed by atoms with Gasteiger partial charge in [-0.05, 0) is 37.4 Å². The Morgan fingerprint density at radius 2 is 1.86 bits per heavy atom. The summed E-state index contributed by atoms with van der Waals surface area (Å²) in [4.78, 5) is 1.87. The maximum Gasteiger partial charge on any atom is 0.259 e. The SMILES string of the molecule is CC1CCCCCC1OC(=S)N(C)C. The Hall–Kier alpha value is -0.310. The van der Waals surface area contributed by atoms with E-state index in [1.807, 2.05) is 19.0 Å². The molecule has 0 heterocycles. The highest BCUT2D eigenvalue weighted by Crippen LogP contribution is 2.25. The molecule has 82 valence electrons. The lowest BCUT2D eigenvalue weighted by Gasteiger charge is -2.25. The van der Waals surface area contributed by atoms with Gasteiger partial charge in [0.15, 0.2) is 0 Å². The largest absolute Gasteiger partial charge is 0.467 e. The smallest absolute Gasteiger partial charge is 0.259 e. The van der Waals surface area contributed by atoms with Crippen LogP contribution in [0.25, 0.3) is 0 Å². The van der Waals surface area contributed by atoms with E-state index in [4.69, 9.17) is 17.0 Å². The molecular formula is C11H21NOS. The fourth-order valence-corrected chi connectivity index (χ4v) is 1.99. The van der Waals surface area contributed by atoms with Gasteiger partial charge in [0.2, 0.25) is 0 Å². The normalized spacial score (nSPS) is 27.9. The summed E-state index contributed by atoms with van der Waals surface area (Å²) in [6, 6.07) is 0. The number of ether oxygens (including phenoxy) is 1. The first kappa shape index (κ1) is 11.8. The van der Waals surface area contributed by atoms with Gasteiger partial charge in [-0.3, -0.25) is 0 Å². The lowest BCUT2D eigenvalue weighted by atomic mass is 10.00. The predicted molar refractivity (Wildman–Crippen MR) is 63.4 cm³/mol. The maximum atomic E-state index is 5.80. The summed E-state index contributed by atoms with van der Waals surface area (Å²) >= 11 is 5.16. The molecule has 0 spiro atoms. The van der Waals surface area contributed by atoms with E-state index in [2.05, 4.69) is 6.92 Å². The van der Waals surface area contributed by atoms with Gasteiger partial charge in [0.25, 0.3) is 5.17 Å². The fourth-order valence-electron chi connectivity index (χ4n) is 1.87. The van der Waals surface area contributed by atoms with Crippen LogP contribution in [0.2, 0.25) is 0 Å². The van der Waals surface area contributed by atoms with E-state index in [1.54, 1.807) is 0 Å². The van der Waals surface area contributed by atoms with E-state index >= 15 is 0 Å². The van der Waals surface area contributed by atoms with Crippen molar-refractivity contribution in [3.8, 4) is 0 Å². The molecule has 0 aromatic heterocycles. The molecular weight excluding hydrogens is 194 g/mol. The van der Waals surface area contributed by atoms with Gasteiger partial charge < -0.3 is 9.64 Å². The average Bonchev–Trinajstić information content (AvgIpc) is 2.32. The Morgan fingerprint density at radius 1 is 1.21 bits per heavy atom. The zero-order valence-electron chi connectivity index (χ0n) is 9.45. The summed E-state index contributed by atoms with van der Waals surface area (Å²) in [5.41, 5.74) is 0. The highest BCUT2D eigenvalue weighted by atomic mass is 32.1. The molecule has 1 aliphatic rings. The molecule has 2 atom stereocenters. The number of thiocarbonyl (C=S) groups is 1. The topological polar surface area (TPSA) is 12.5 Å². The molecule has 1 fully saturated rings. The van der Waals surface area contributed by atoms with Crippen LogP contribution < -0.4 is 0 Å². The van der Waals surface area contributed by atoms with Gasteiger partial charge in [-0.25, -0.2) is 0 Å². The number of hydrogen-bond acceptors (Lipinski definition) is 2. The molecule has 0 amide bonds. The van der Waals surface area contributed by atoms with Crippen LogP contribution in [0.1, 0.15) is 39.0 Å². The van der Waals surface area contributed by atoms with E-state index in [-0.39, 0.29) is 0 Å². The second-order valence-corrected chi connectivity index (χ2v) is 4.78. The highest BCUT2D eigenvalue weighted by Gasteiger charge is 2.22. The van der Waals surface area contributed by atoms with Gasteiger partial charge in [0.05, 0.1) is 0 Å². The summed E-state index contributed by atoms with van der Waals surface area (Å²) in [5, 5.41) is 0.628. The average molecular weight is 215 g/mol. The van der Waals surface area contributed by atoms with Crippen LogP contribution in [0.4, 0.5) is 0 Å². The zero-order chi connectivity index (χ0) is 10.6. The van der Waals surface area contributed by atoms with E-state index in [1.165, 1.54) is 25.7 Å². The van der Waals surface area contributed by atoms with Crippen molar-refractivity contribution in [2.24, 2.45) is 5.92 Å². The summed E-state index contributed by atoms with van der Waals surface area (Å²) in [6.45, 7) is 2.27. The zero-order valence-corrected chi connectivity index (χ0v) is 10.3. The van der Waals surface area contributed by atoms with Crippen molar-refractivity contribution in [3.05, 3.63) is 0 Å². The van der Waals surface area contributed by atoms with E-state index < -0.39 is 0 Å². The molecule has 0 N–H and O–H groups in total. The van der Waals surface area contributed by atoms with Crippen LogP contribution in [-0.4, -0.2) is 30.3 Å². The van der Waals surface area contributed by atoms with Crippen LogP contribution in [0.5, 0.6) is 0 Å². The second-order valence-electron chi connectivity index (χ2n) is 4.43. The summed E-state index contributed by atoms with van der Waals surface area (Å²) in [7, 11) is 3.87. The fraction of sp³-hybridized carbons (Fsp3) is 0.909. The molecule has 14 heavy (non-hydrogen) atoms. The van der Waals surface area contributed by atoms with Crippen molar-refractivity contribution in [2.45, 2.75) is 45.1 Å². The van der Waals surface area contributed by atoms with Crippen molar-refractivity contribution >= 4 is 17.4 Å². The van der Waals surface area contributed by atoms with Gasteiger partial charge >= 0.3 is 0 Å². The molecule has 2 nitrogen and oxygen atoms in total. The Labute approximate surface area is 92.6 Å². The van der Waals surface area contributed by atoms with E-state index in [9.17, 15) is 0 Å². The number of rotatable bonds is 1. The van der Waals surface area contributed by atoms with E-state index in [0.29, 0.717) is 17.2 Å². The minimum atomic E-state index is 0.340. The Bertz CT molecular complexity index is 194. The molecule has 1 aliphatic carbocycles. The van der Waals surface area contributed by atoms with Crippen LogP contribution in [0, 0.1) is 5.92 Å². The molecule has 0 radical (unpaired) electrons. The lowest BCUT2D eigenvalue weighted by molar-refractivity contribution is 0.109. The van der Waals surface area contributed by atoms with Crippen LogP contribution in [0.3, 0.4) is 0 Å². The molecule has 3 heteroatoms. The first-order chi connectivity index (χ1) is 6.61. The standard InChI is InChI=1S/C11H21NOS/c1-9-7-5-4-6-8-10(9)13-11(14)12(2)3/h9-10H,4-8H2,1-3H3. The Balaban J connectivity index is 2.44.